The molecule has 0 aliphatic heterocycles. The lowest BCUT2D eigenvalue weighted by atomic mass is 10.1. The van der Waals surface area contributed by atoms with Gasteiger partial charge in [0.2, 0.25) is 0 Å². The summed E-state index contributed by atoms with van der Waals surface area (Å²) in [6.07, 6.45) is 1.08. The summed E-state index contributed by atoms with van der Waals surface area (Å²) in [5.74, 6) is 0. The van der Waals surface area contributed by atoms with E-state index in [0.717, 1.165) is 19.5 Å². The molecule has 0 aliphatic rings. The molecule has 0 spiro atoms. The summed E-state index contributed by atoms with van der Waals surface area (Å²) in [5, 5.41) is 6.66. The maximum Gasteiger partial charge on any atom is 0.0340 e. The second kappa shape index (κ2) is 6.95. The van der Waals surface area contributed by atoms with Crippen molar-refractivity contribution in [3.63, 3.8) is 0 Å². The molecule has 2 heteroatoms. The van der Waals surface area contributed by atoms with E-state index in [2.05, 4.69) is 66.1 Å². The fourth-order valence-corrected chi connectivity index (χ4v) is 2.18. The molecule has 2 N–H and O–H groups in total. The molecular formula is C17H22N2. The van der Waals surface area contributed by atoms with Crippen LogP contribution in [0.15, 0.2) is 48.5 Å². The van der Waals surface area contributed by atoms with Crippen molar-refractivity contribution in [1.29, 1.82) is 0 Å². The van der Waals surface area contributed by atoms with Crippen molar-refractivity contribution in [3.8, 4) is 0 Å². The van der Waals surface area contributed by atoms with Gasteiger partial charge in [-0.1, -0.05) is 36.4 Å². The van der Waals surface area contributed by atoms with E-state index in [1.54, 1.807) is 0 Å². The smallest absolute Gasteiger partial charge is 0.0340 e. The average molecular weight is 254 g/mol. The largest absolute Gasteiger partial charge is 0.388 e. The van der Waals surface area contributed by atoms with Crippen LogP contribution in [-0.2, 0) is 13.0 Å². The topological polar surface area (TPSA) is 24.1 Å². The van der Waals surface area contributed by atoms with Crippen LogP contribution in [0.25, 0.3) is 0 Å². The van der Waals surface area contributed by atoms with Crippen LogP contribution in [0.2, 0.25) is 0 Å². The van der Waals surface area contributed by atoms with E-state index in [0.29, 0.717) is 0 Å². The standard InChI is InChI=1S/C17H22N2/c1-14-6-3-4-8-16(14)10-11-19-13-15-7-5-9-17(12-15)18-2/h3-9,12,18-19H,10-11,13H2,1-2H3. The van der Waals surface area contributed by atoms with E-state index < -0.39 is 0 Å². The third kappa shape index (κ3) is 4.11. The molecule has 0 atom stereocenters. The van der Waals surface area contributed by atoms with Crippen LogP contribution >= 0.6 is 0 Å². The summed E-state index contributed by atoms with van der Waals surface area (Å²) >= 11 is 0. The zero-order valence-electron chi connectivity index (χ0n) is 11.7. The molecule has 2 nitrogen and oxygen atoms in total. The number of nitrogens with one attached hydrogen (secondary N) is 2. The van der Waals surface area contributed by atoms with E-state index in [9.17, 15) is 0 Å². The summed E-state index contributed by atoms with van der Waals surface area (Å²) in [6, 6.07) is 17.1. The van der Waals surface area contributed by atoms with Gasteiger partial charge in [0.25, 0.3) is 0 Å². The Hall–Kier alpha value is -1.80. The van der Waals surface area contributed by atoms with Crippen LogP contribution in [0.1, 0.15) is 16.7 Å². The van der Waals surface area contributed by atoms with E-state index in [4.69, 9.17) is 0 Å². The fraction of sp³-hybridized carbons (Fsp3) is 0.294. The molecule has 0 unspecified atom stereocenters. The second-order valence-corrected chi connectivity index (χ2v) is 4.80. The Kier molecular flexibility index (Phi) is 4.99. The van der Waals surface area contributed by atoms with E-state index in [1.807, 2.05) is 7.05 Å². The van der Waals surface area contributed by atoms with Crippen molar-refractivity contribution in [2.24, 2.45) is 0 Å². The summed E-state index contributed by atoms with van der Waals surface area (Å²) in [6.45, 7) is 4.10. The van der Waals surface area contributed by atoms with Gasteiger partial charge in [0.1, 0.15) is 0 Å². The van der Waals surface area contributed by atoms with Gasteiger partial charge < -0.3 is 10.6 Å². The number of hydrogen-bond acceptors (Lipinski definition) is 2. The first-order chi connectivity index (χ1) is 9.29. The number of rotatable bonds is 6. The average Bonchev–Trinajstić information content (AvgIpc) is 2.45. The molecule has 0 saturated heterocycles. The zero-order chi connectivity index (χ0) is 13.5. The first kappa shape index (κ1) is 13.6. The van der Waals surface area contributed by atoms with E-state index in [1.165, 1.54) is 22.4 Å². The van der Waals surface area contributed by atoms with Gasteiger partial charge in [0.05, 0.1) is 0 Å². The van der Waals surface area contributed by atoms with Crippen molar-refractivity contribution in [2.75, 3.05) is 18.9 Å². The monoisotopic (exact) mass is 254 g/mol. The Bertz CT molecular complexity index is 520. The van der Waals surface area contributed by atoms with Crippen molar-refractivity contribution in [2.45, 2.75) is 19.9 Å². The third-order valence-corrected chi connectivity index (χ3v) is 3.38. The minimum atomic E-state index is 0.918. The number of benzene rings is 2. The third-order valence-electron chi connectivity index (χ3n) is 3.38. The Morgan fingerprint density at radius 3 is 2.63 bits per heavy atom. The van der Waals surface area contributed by atoms with E-state index >= 15 is 0 Å². The predicted octanol–water partition coefficient (Wildman–Crippen LogP) is 3.37. The molecule has 0 radical (unpaired) electrons. The minimum Gasteiger partial charge on any atom is -0.388 e. The van der Waals surface area contributed by atoms with Gasteiger partial charge in [-0.2, -0.15) is 0 Å². The summed E-state index contributed by atoms with van der Waals surface area (Å²) in [7, 11) is 1.95. The van der Waals surface area contributed by atoms with Gasteiger partial charge in [0.15, 0.2) is 0 Å². The van der Waals surface area contributed by atoms with Crippen molar-refractivity contribution >= 4 is 5.69 Å². The molecule has 100 valence electrons. The summed E-state index contributed by atoms with van der Waals surface area (Å²) in [5.41, 5.74) is 5.29. The molecule has 0 aliphatic carbocycles. The van der Waals surface area contributed by atoms with Gasteiger partial charge in [-0.3, -0.25) is 0 Å². The molecular weight excluding hydrogens is 232 g/mol. The lowest BCUT2D eigenvalue weighted by Crippen LogP contribution is -2.17. The van der Waals surface area contributed by atoms with Crippen molar-refractivity contribution < 1.29 is 0 Å². The van der Waals surface area contributed by atoms with E-state index in [-0.39, 0.29) is 0 Å². The number of aryl methyl sites for hydroxylation is 1. The SMILES string of the molecule is CNc1cccc(CNCCc2ccccc2C)c1. The van der Waals surface area contributed by atoms with Crippen LogP contribution in [0.4, 0.5) is 5.69 Å². The summed E-state index contributed by atoms with van der Waals surface area (Å²) in [4.78, 5) is 0. The maximum atomic E-state index is 3.50. The zero-order valence-corrected chi connectivity index (χ0v) is 11.7. The number of hydrogen-bond donors (Lipinski definition) is 2. The Morgan fingerprint density at radius 2 is 1.84 bits per heavy atom. The Morgan fingerprint density at radius 1 is 1.00 bits per heavy atom. The van der Waals surface area contributed by atoms with Crippen LogP contribution in [-0.4, -0.2) is 13.6 Å². The minimum absolute atomic E-state index is 0.918. The van der Waals surface area contributed by atoms with Gasteiger partial charge in [0, 0.05) is 19.3 Å². The highest BCUT2D eigenvalue weighted by atomic mass is 14.8. The summed E-state index contributed by atoms with van der Waals surface area (Å²) < 4.78 is 0. The highest BCUT2D eigenvalue weighted by molar-refractivity contribution is 5.44. The molecule has 19 heavy (non-hydrogen) atoms. The molecule has 0 heterocycles. The number of anilines is 1. The quantitative estimate of drug-likeness (QED) is 0.772. The van der Waals surface area contributed by atoms with Gasteiger partial charge in [-0.25, -0.2) is 0 Å². The lowest BCUT2D eigenvalue weighted by molar-refractivity contribution is 0.686. The second-order valence-electron chi connectivity index (χ2n) is 4.80. The van der Waals surface area contributed by atoms with Crippen molar-refractivity contribution in [1.82, 2.24) is 5.32 Å². The molecule has 2 aromatic carbocycles. The van der Waals surface area contributed by atoms with Crippen LogP contribution in [0.3, 0.4) is 0 Å². The predicted molar refractivity (Wildman–Crippen MR) is 82.6 cm³/mol. The molecule has 2 rings (SSSR count). The van der Waals surface area contributed by atoms with Crippen LogP contribution in [0.5, 0.6) is 0 Å². The van der Waals surface area contributed by atoms with Crippen molar-refractivity contribution in [3.05, 3.63) is 65.2 Å². The Labute approximate surface area is 115 Å². The highest BCUT2D eigenvalue weighted by Crippen LogP contribution is 2.10. The molecule has 0 bridgehead atoms. The maximum absolute atomic E-state index is 3.50. The molecule has 0 fully saturated rings. The van der Waals surface area contributed by atoms with Gasteiger partial charge in [-0.15, -0.1) is 0 Å². The Balaban J connectivity index is 1.79. The fourth-order valence-electron chi connectivity index (χ4n) is 2.18. The molecule has 0 amide bonds. The normalized spacial score (nSPS) is 10.4. The molecule has 2 aromatic rings. The first-order valence-corrected chi connectivity index (χ1v) is 6.81. The molecule has 0 aromatic heterocycles. The van der Waals surface area contributed by atoms with Gasteiger partial charge in [-0.05, 0) is 48.7 Å². The van der Waals surface area contributed by atoms with Crippen LogP contribution in [0, 0.1) is 6.92 Å². The lowest BCUT2D eigenvalue weighted by Gasteiger charge is -2.08. The molecule has 0 saturated carbocycles. The van der Waals surface area contributed by atoms with Crippen LogP contribution < -0.4 is 10.6 Å². The first-order valence-electron chi connectivity index (χ1n) is 6.81. The highest BCUT2D eigenvalue weighted by Gasteiger charge is 1.97. The van der Waals surface area contributed by atoms with Gasteiger partial charge >= 0.3 is 0 Å².